The highest BCUT2D eigenvalue weighted by atomic mass is 19.1. The number of fused-ring (bicyclic) bond motifs is 5. The van der Waals surface area contributed by atoms with Crippen LogP contribution in [0.1, 0.15) is 24.5 Å². The van der Waals surface area contributed by atoms with Crippen molar-refractivity contribution in [1.82, 2.24) is 15.5 Å². The summed E-state index contributed by atoms with van der Waals surface area (Å²) in [5, 5.41) is 6.40. The van der Waals surface area contributed by atoms with Crippen molar-refractivity contribution in [2.75, 3.05) is 33.8 Å². The fourth-order valence-corrected chi connectivity index (χ4v) is 5.05. The van der Waals surface area contributed by atoms with Crippen molar-refractivity contribution in [2.24, 2.45) is 28.7 Å². The summed E-state index contributed by atoms with van der Waals surface area (Å²) < 4.78 is 18.6. The van der Waals surface area contributed by atoms with Crippen molar-refractivity contribution in [3.05, 3.63) is 47.8 Å². The van der Waals surface area contributed by atoms with Gasteiger partial charge in [-0.15, -0.1) is 0 Å². The van der Waals surface area contributed by atoms with Gasteiger partial charge in [0.2, 0.25) is 11.8 Å². The summed E-state index contributed by atoms with van der Waals surface area (Å²) in [5.74, 6) is 0.520. The van der Waals surface area contributed by atoms with E-state index in [9.17, 15) is 14.0 Å². The molecule has 5 unspecified atom stereocenters. The van der Waals surface area contributed by atoms with Gasteiger partial charge in [0.1, 0.15) is 5.82 Å². The van der Waals surface area contributed by atoms with E-state index < -0.39 is 0 Å². The lowest BCUT2D eigenvalue weighted by molar-refractivity contribution is -0.140. The van der Waals surface area contributed by atoms with Crippen LogP contribution >= 0.6 is 0 Å². The molecule has 2 aliphatic carbocycles. The fourth-order valence-electron chi connectivity index (χ4n) is 5.05. The third-order valence-electron chi connectivity index (χ3n) is 6.62. The molecule has 1 saturated heterocycles. The molecule has 3 aliphatic rings. The zero-order valence-corrected chi connectivity index (χ0v) is 17.9. The maximum atomic E-state index is 13.1. The monoisotopic (exact) mass is 428 g/mol. The van der Waals surface area contributed by atoms with Crippen LogP contribution < -0.4 is 10.6 Å². The van der Waals surface area contributed by atoms with Crippen LogP contribution in [0.15, 0.2) is 41.4 Å². The first kappa shape index (κ1) is 21.5. The first-order valence-electron chi connectivity index (χ1n) is 10.8. The number of benzene rings is 1. The van der Waals surface area contributed by atoms with E-state index >= 15 is 0 Å². The van der Waals surface area contributed by atoms with Gasteiger partial charge in [-0.25, -0.2) is 4.39 Å². The Kier molecular flexibility index (Phi) is 6.36. The molecule has 1 saturated carbocycles. The standard InChI is InChI=1S/C23H29FN4O3/c1-25-23(27-13-18(31-2)14-6-8-17(24)9-7-14)26-10-3-11-28-21(29)19-15-4-5-16(12-15)20(19)22(28)30/h4-9,15-16,18-20H,3,10-13H2,1-2H3,(H2,25,26,27). The Morgan fingerprint density at radius 2 is 1.81 bits per heavy atom. The SMILES string of the molecule is CN=C(NCCCN1C(=O)C2C3C=CC(C3)C2C1=O)NCC(OC)c1ccc(F)cc1. The van der Waals surface area contributed by atoms with Gasteiger partial charge in [0.25, 0.3) is 0 Å². The summed E-state index contributed by atoms with van der Waals surface area (Å²) in [7, 11) is 3.28. The highest BCUT2D eigenvalue weighted by Crippen LogP contribution is 2.52. The van der Waals surface area contributed by atoms with Gasteiger partial charge in [0, 0.05) is 33.8 Å². The summed E-state index contributed by atoms with van der Waals surface area (Å²) >= 11 is 0. The number of hydrogen-bond acceptors (Lipinski definition) is 4. The van der Waals surface area contributed by atoms with Crippen LogP contribution in [0.5, 0.6) is 0 Å². The Bertz CT molecular complexity index is 855. The number of likely N-dealkylation sites (tertiary alicyclic amines) is 1. The molecule has 8 heteroatoms. The Balaban J connectivity index is 1.21. The number of aliphatic imine (C=N–C) groups is 1. The summed E-state index contributed by atoms with van der Waals surface area (Å²) in [4.78, 5) is 31.1. The Morgan fingerprint density at radius 1 is 1.16 bits per heavy atom. The number of methoxy groups -OCH3 is 1. The smallest absolute Gasteiger partial charge is 0.233 e. The van der Waals surface area contributed by atoms with Crippen molar-refractivity contribution >= 4 is 17.8 Å². The molecule has 1 aliphatic heterocycles. The number of nitrogens with zero attached hydrogens (tertiary/aromatic N) is 2. The number of allylic oxidation sites excluding steroid dienone is 2. The molecular weight excluding hydrogens is 399 g/mol. The van der Waals surface area contributed by atoms with Gasteiger partial charge in [0.15, 0.2) is 5.96 Å². The quantitative estimate of drug-likeness (QED) is 0.217. The van der Waals surface area contributed by atoms with Crippen molar-refractivity contribution in [1.29, 1.82) is 0 Å². The van der Waals surface area contributed by atoms with E-state index in [2.05, 4.69) is 27.8 Å². The topological polar surface area (TPSA) is 83.0 Å². The number of halogens is 1. The van der Waals surface area contributed by atoms with E-state index in [0.717, 1.165) is 12.0 Å². The lowest BCUT2D eigenvalue weighted by Crippen LogP contribution is -2.41. The van der Waals surface area contributed by atoms with E-state index in [1.165, 1.54) is 17.0 Å². The van der Waals surface area contributed by atoms with E-state index in [1.807, 2.05) is 0 Å². The molecule has 7 nitrogen and oxygen atoms in total. The van der Waals surface area contributed by atoms with Gasteiger partial charge in [0.05, 0.1) is 17.9 Å². The molecule has 1 aromatic carbocycles. The van der Waals surface area contributed by atoms with Gasteiger partial charge >= 0.3 is 0 Å². The van der Waals surface area contributed by atoms with Crippen LogP contribution in [0, 0.1) is 29.5 Å². The molecule has 1 aromatic rings. The van der Waals surface area contributed by atoms with Crippen molar-refractivity contribution in [3.8, 4) is 0 Å². The summed E-state index contributed by atoms with van der Waals surface area (Å²) in [6.07, 6.45) is 5.56. The second-order valence-corrected chi connectivity index (χ2v) is 8.34. The molecule has 2 fully saturated rings. The van der Waals surface area contributed by atoms with Crippen LogP contribution in [0.4, 0.5) is 4.39 Å². The molecular formula is C23H29FN4O3. The first-order chi connectivity index (χ1) is 15.0. The number of nitrogens with one attached hydrogen (secondary N) is 2. The van der Waals surface area contributed by atoms with E-state index in [4.69, 9.17) is 4.74 Å². The van der Waals surface area contributed by atoms with E-state index in [1.54, 1.807) is 26.3 Å². The number of rotatable bonds is 8. The number of carbonyl (C=O) groups is 2. The molecule has 0 spiro atoms. The minimum atomic E-state index is -0.286. The van der Waals surface area contributed by atoms with Gasteiger partial charge in [-0.1, -0.05) is 24.3 Å². The van der Waals surface area contributed by atoms with Gasteiger partial charge < -0.3 is 15.4 Å². The number of hydrogen-bond donors (Lipinski definition) is 2. The van der Waals surface area contributed by atoms with Crippen molar-refractivity contribution in [3.63, 3.8) is 0 Å². The van der Waals surface area contributed by atoms with Gasteiger partial charge in [-0.3, -0.25) is 19.5 Å². The van der Waals surface area contributed by atoms with Crippen LogP contribution in [0.3, 0.4) is 0 Å². The van der Waals surface area contributed by atoms with E-state index in [0.29, 0.717) is 32.0 Å². The van der Waals surface area contributed by atoms with Gasteiger partial charge in [-0.05, 0) is 42.4 Å². The molecule has 2 bridgehead atoms. The molecule has 0 radical (unpaired) electrons. The van der Waals surface area contributed by atoms with Crippen molar-refractivity contribution < 1.29 is 18.7 Å². The predicted molar refractivity (Wildman–Crippen MR) is 115 cm³/mol. The maximum absolute atomic E-state index is 13.1. The number of guanidine groups is 1. The molecule has 0 aromatic heterocycles. The largest absolute Gasteiger partial charge is 0.375 e. The highest BCUT2D eigenvalue weighted by Gasteiger charge is 2.58. The minimum absolute atomic E-state index is 0.00316. The molecule has 166 valence electrons. The number of carbonyl (C=O) groups excluding carboxylic acids is 2. The molecule has 31 heavy (non-hydrogen) atoms. The number of amides is 2. The zero-order chi connectivity index (χ0) is 22.0. The zero-order valence-electron chi connectivity index (χ0n) is 17.9. The fraction of sp³-hybridized carbons (Fsp3) is 0.522. The van der Waals surface area contributed by atoms with Crippen molar-refractivity contribution in [2.45, 2.75) is 18.9 Å². The maximum Gasteiger partial charge on any atom is 0.233 e. The first-order valence-corrected chi connectivity index (χ1v) is 10.8. The average molecular weight is 429 g/mol. The van der Waals surface area contributed by atoms with Gasteiger partial charge in [-0.2, -0.15) is 0 Å². The van der Waals surface area contributed by atoms with E-state index in [-0.39, 0.29) is 47.4 Å². The summed E-state index contributed by atoms with van der Waals surface area (Å²) in [6.45, 7) is 1.46. The summed E-state index contributed by atoms with van der Waals surface area (Å²) in [6, 6.07) is 6.21. The molecule has 2 N–H and O–H groups in total. The normalized spacial score (nSPS) is 27.7. The second kappa shape index (κ2) is 9.18. The Hall–Kier alpha value is -2.74. The third-order valence-corrected chi connectivity index (χ3v) is 6.62. The van der Waals surface area contributed by atoms with Crippen LogP contribution in [-0.4, -0.2) is 56.5 Å². The third kappa shape index (κ3) is 4.21. The number of ether oxygens (including phenoxy) is 1. The summed E-state index contributed by atoms with van der Waals surface area (Å²) in [5.41, 5.74) is 0.868. The predicted octanol–water partition coefficient (Wildman–Crippen LogP) is 1.88. The minimum Gasteiger partial charge on any atom is -0.375 e. The average Bonchev–Trinajstić information content (AvgIpc) is 3.46. The van der Waals surface area contributed by atoms with Crippen LogP contribution in [0.25, 0.3) is 0 Å². The highest BCUT2D eigenvalue weighted by molar-refractivity contribution is 6.06. The molecule has 5 atom stereocenters. The Morgan fingerprint density at radius 3 is 2.39 bits per heavy atom. The lowest BCUT2D eigenvalue weighted by Gasteiger charge is -2.20. The second-order valence-electron chi connectivity index (χ2n) is 8.34. The lowest BCUT2D eigenvalue weighted by atomic mass is 9.85. The number of imide groups is 1. The molecule has 1 heterocycles. The Labute approximate surface area is 181 Å². The van der Waals surface area contributed by atoms with Crippen LogP contribution in [-0.2, 0) is 14.3 Å². The molecule has 4 rings (SSSR count). The molecule has 2 amide bonds. The van der Waals surface area contributed by atoms with Crippen LogP contribution in [0.2, 0.25) is 0 Å².